The number of carbonyl (C=O) groups is 2. The molecule has 0 spiro atoms. The molecule has 0 saturated carbocycles. The largest absolute Gasteiger partial charge is 0.462 e. The molecule has 1 aliphatic rings. The summed E-state index contributed by atoms with van der Waals surface area (Å²) in [6, 6.07) is -0.0463. The van der Waals surface area contributed by atoms with Gasteiger partial charge in [-0.1, -0.05) is 0 Å². The Labute approximate surface area is 90.4 Å². The van der Waals surface area contributed by atoms with Gasteiger partial charge < -0.3 is 15.8 Å². The smallest absolute Gasteiger partial charge is 0.293 e. The van der Waals surface area contributed by atoms with Crippen LogP contribution in [0, 0.1) is 0 Å². The standard InChI is InChI=1S/C5H10N2O.C5H10O2/c6-5(8)4-2-1-3-7-4;1-5(2,3)7-4-6/h4,7H,1-3H2,(H2,6,8);4H,1-3H3. The minimum Gasteiger partial charge on any atom is -0.462 e. The van der Waals surface area contributed by atoms with E-state index in [2.05, 4.69) is 10.1 Å². The van der Waals surface area contributed by atoms with Crippen LogP contribution in [0.25, 0.3) is 0 Å². The molecule has 0 aliphatic carbocycles. The van der Waals surface area contributed by atoms with Crippen molar-refractivity contribution in [1.82, 2.24) is 5.32 Å². The van der Waals surface area contributed by atoms with Gasteiger partial charge in [0.15, 0.2) is 0 Å². The summed E-state index contributed by atoms with van der Waals surface area (Å²) < 4.78 is 4.55. The highest BCUT2D eigenvalue weighted by Crippen LogP contribution is 2.03. The average Bonchev–Trinajstić information content (AvgIpc) is 2.53. The molecular weight excluding hydrogens is 196 g/mol. The van der Waals surface area contributed by atoms with Gasteiger partial charge in [0, 0.05) is 0 Å². The van der Waals surface area contributed by atoms with E-state index in [1.165, 1.54) is 0 Å². The van der Waals surface area contributed by atoms with Crippen molar-refractivity contribution in [3.63, 3.8) is 0 Å². The number of ether oxygens (including phenoxy) is 1. The summed E-state index contributed by atoms with van der Waals surface area (Å²) in [5.41, 5.74) is 4.68. The quantitative estimate of drug-likeness (QED) is 0.645. The Morgan fingerprint density at radius 2 is 2.13 bits per heavy atom. The highest BCUT2D eigenvalue weighted by Gasteiger charge is 2.18. The van der Waals surface area contributed by atoms with Crippen molar-refractivity contribution in [2.45, 2.75) is 45.3 Å². The molecule has 1 rings (SSSR count). The van der Waals surface area contributed by atoms with Crippen LogP contribution in [-0.2, 0) is 14.3 Å². The number of amides is 1. The van der Waals surface area contributed by atoms with Crippen LogP contribution in [0.15, 0.2) is 0 Å². The summed E-state index contributed by atoms with van der Waals surface area (Å²) in [6.07, 6.45) is 1.99. The van der Waals surface area contributed by atoms with Crippen LogP contribution < -0.4 is 11.1 Å². The molecule has 5 heteroatoms. The zero-order valence-electron chi connectivity index (χ0n) is 9.58. The van der Waals surface area contributed by atoms with Crippen molar-refractivity contribution < 1.29 is 14.3 Å². The van der Waals surface area contributed by atoms with E-state index in [0.717, 1.165) is 19.4 Å². The van der Waals surface area contributed by atoms with Gasteiger partial charge in [0.05, 0.1) is 6.04 Å². The SMILES string of the molecule is CC(C)(C)OC=O.NC(=O)C1CCCN1. The zero-order valence-corrected chi connectivity index (χ0v) is 9.58. The molecule has 1 saturated heterocycles. The predicted molar refractivity (Wildman–Crippen MR) is 57.1 cm³/mol. The lowest BCUT2D eigenvalue weighted by molar-refractivity contribution is -0.138. The maximum absolute atomic E-state index is 10.4. The molecule has 0 aromatic heterocycles. The lowest BCUT2D eigenvalue weighted by Crippen LogP contribution is -2.36. The van der Waals surface area contributed by atoms with E-state index in [0.29, 0.717) is 6.47 Å². The second kappa shape index (κ2) is 6.40. The van der Waals surface area contributed by atoms with E-state index in [1.54, 1.807) is 0 Å². The van der Waals surface area contributed by atoms with Crippen molar-refractivity contribution in [3.05, 3.63) is 0 Å². The third-order valence-electron chi connectivity index (χ3n) is 1.81. The minimum absolute atomic E-state index is 0.0463. The Balaban J connectivity index is 0.000000265. The van der Waals surface area contributed by atoms with Crippen molar-refractivity contribution in [2.75, 3.05) is 6.54 Å². The van der Waals surface area contributed by atoms with Gasteiger partial charge in [0.1, 0.15) is 5.60 Å². The van der Waals surface area contributed by atoms with Gasteiger partial charge >= 0.3 is 0 Å². The first kappa shape index (κ1) is 13.9. The molecule has 0 aromatic rings. The predicted octanol–water partition coefficient (Wildman–Crippen LogP) is 0.182. The molecule has 1 fully saturated rings. The van der Waals surface area contributed by atoms with Crippen LogP contribution in [0.4, 0.5) is 0 Å². The summed E-state index contributed by atoms with van der Waals surface area (Å²) in [6.45, 7) is 6.86. The van der Waals surface area contributed by atoms with E-state index < -0.39 is 0 Å². The van der Waals surface area contributed by atoms with Crippen LogP contribution >= 0.6 is 0 Å². The summed E-state index contributed by atoms with van der Waals surface area (Å²) in [5.74, 6) is -0.220. The summed E-state index contributed by atoms with van der Waals surface area (Å²) in [7, 11) is 0. The van der Waals surface area contributed by atoms with Crippen molar-refractivity contribution >= 4 is 12.4 Å². The monoisotopic (exact) mass is 216 g/mol. The van der Waals surface area contributed by atoms with Crippen LogP contribution in [0.5, 0.6) is 0 Å². The van der Waals surface area contributed by atoms with E-state index >= 15 is 0 Å². The van der Waals surface area contributed by atoms with Gasteiger partial charge in [-0.25, -0.2) is 0 Å². The maximum Gasteiger partial charge on any atom is 0.293 e. The van der Waals surface area contributed by atoms with Gasteiger partial charge in [-0.3, -0.25) is 9.59 Å². The zero-order chi connectivity index (χ0) is 11.9. The van der Waals surface area contributed by atoms with Crippen LogP contribution in [0.2, 0.25) is 0 Å². The van der Waals surface area contributed by atoms with Gasteiger partial charge in [-0.2, -0.15) is 0 Å². The molecule has 1 atom stereocenters. The number of nitrogens with one attached hydrogen (secondary N) is 1. The Hall–Kier alpha value is -1.10. The molecule has 88 valence electrons. The Kier molecular flexibility index (Phi) is 5.93. The van der Waals surface area contributed by atoms with Gasteiger partial charge in [-0.15, -0.1) is 0 Å². The molecule has 3 N–H and O–H groups in total. The van der Waals surface area contributed by atoms with Crippen LogP contribution in [0.1, 0.15) is 33.6 Å². The van der Waals surface area contributed by atoms with E-state index in [-0.39, 0.29) is 17.6 Å². The lowest BCUT2D eigenvalue weighted by Gasteiger charge is -2.14. The topological polar surface area (TPSA) is 81.4 Å². The molecule has 1 heterocycles. The fourth-order valence-corrected chi connectivity index (χ4v) is 1.07. The molecule has 0 aromatic carbocycles. The highest BCUT2D eigenvalue weighted by molar-refractivity contribution is 5.80. The lowest BCUT2D eigenvalue weighted by atomic mass is 10.2. The van der Waals surface area contributed by atoms with Gasteiger partial charge in [0.25, 0.3) is 6.47 Å². The Morgan fingerprint density at radius 1 is 1.53 bits per heavy atom. The summed E-state index contributed by atoms with van der Waals surface area (Å²) in [4.78, 5) is 20.0. The number of rotatable bonds is 2. The van der Waals surface area contributed by atoms with Gasteiger partial charge in [0.2, 0.25) is 5.91 Å². The average molecular weight is 216 g/mol. The first-order chi connectivity index (χ1) is 6.87. The molecule has 1 unspecified atom stereocenters. The highest BCUT2D eigenvalue weighted by atomic mass is 16.5. The molecular formula is C10H20N2O3. The molecule has 1 aliphatic heterocycles. The van der Waals surface area contributed by atoms with Crippen molar-refractivity contribution in [3.8, 4) is 0 Å². The number of primary amides is 1. The number of hydrogen-bond acceptors (Lipinski definition) is 4. The minimum atomic E-state index is -0.318. The van der Waals surface area contributed by atoms with Gasteiger partial charge in [-0.05, 0) is 40.2 Å². The van der Waals surface area contributed by atoms with Crippen molar-refractivity contribution in [1.29, 1.82) is 0 Å². The van der Waals surface area contributed by atoms with Crippen LogP contribution in [-0.4, -0.2) is 30.6 Å². The second-order valence-electron chi connectivity index (χ2n) is 4.38. The first-order valence-corrected chi connectivity index (χ1v) is 5.01. The number of carbonyl (C=O) groups excluding carboxylic acids is 2. The fraction of sp³-hybridized carbons (Fsp3) is 0.800. The molecule has 5 nitrogen and oxygen atoms in total. The van der Waals surface area contributed by atoms with Crippen LogP contribution in [0.3, 0.4) is 0 Å². The third-order valence-corrected chi connectivity index (χ3v) is 1.81. The summed E-state index contributed by atoms with van der Waals surface area (Å²) >= 11 is 0. The number of hydrogen-bond donors (Lipinski definition) is 2. The molecule has 15 heavy (non-hydrogen) atoms. The number of nitrogens with two attached hydrogens (primary N) is 1. The second-order valence-corrected chi connectivity index (χ2v) is 4.38. The summed E-state index contributed by atoms with van der Waals surface area (Å²) in [5, 5.41) is 2.98. The Bertz CT molecular complexity index is 205. The third kappa shape index (κ3) is 7.93. The van der Waals surface area contributed by atoms with E-state index in [9.17, 15) is 9.59 Å². The Morgan fingerprint density at radius 3 is 2.27 bits per heavy atom. The van der Waals surface area contributed by atoms with Crippen molar-refractivity contribution in [2.24, 2.45) is 5.73 Å². The molecule has 1 amide bonds. The first-order valence-electron chi connectivity index (χ1n) is 5.01. The maximum atomic E-state index is 10.4. The molecule has 0 bridgehead atoms. The fourth-order valence-electron chi connectivity index (χ4n) is 1.07. The van der Waals surface area contributed by atoms with E-state index in [1.807, 2.05) is 20.8 Å². The normalized spacial score (nSPS) is 20.1. The van der Waals surface area contributed by atoms with E-state index in [4.69, 9.17) is 5.73 Å². The molecule has 0 radical (unpaired) electrons.